The summed E-state index contributed by atoms with van der Waals surface area (Å²) in [4.78, 5) is 10.8. The molecule has 1 N–H and O–H groups in total. The van der Waals surface area contributed by atoms with Gasteiger partial charge in [-0.05, 0) is 6.07 Å². The molecule has 1 heterocycles. The summed E-state index contributed by atoms with van der Waals surface area (Å²) in [5.41, 5.74) is -0.964. The van der Waals surface area contributed by atoms with Crippen molar-refractivity contribution < 1.29 is 31.5 Å². The van der Waals surface area contributed by atoms with E-state index in [0.717, 1.165) is 0 Å². The number of ether oxygens (including phenoxy) is 1. The van der Waals surface area contributed by atoms with Crippen molar-refractivity contribution in [1.29, 1.82) is 0 Å². The maximum Gasteiger partial charge on any atom is 0.408 e. The Kier molecular flexibility index (Phi) is 4.24. The zero-order chi connectivity index (χ0) is 13.5. The fourth-order valence-electron chi connectivity index (χ4n) is 1.60. The quantitative estimate of drug-likeness (QED) is 0.640. The fourth-order valence-corrected chi connectivity index (χ4v) is 1.60. The monoisotopic (exact) mass is 303 g/mol. The SMILES string of the molecule is Cl.O=C1N[C@H](c2cc(F)cc(F)c2F)C(F)(F)CO1. The van der Waals surface area contributed by atoms with Crippen LogP contribution in [-0.2, 0) is 4.74 Å². The standard InChI is InChI=1S/C10H6F5NO2.ClH/c11-4-1-5(7(13)6(12)2-4)8-10(14,15)3-18-9(17)16-8;/h1-2,8H,3H2,(H,16,17);1H/t8-;/m1./s1. The van der Waals surface area contributed by atoms with E-state index < -0.39 is 47.7 Å². The van der Waals surface area contributed by atoms with Gasteiger partial charge in [-0.15, -0.1) is 12.4 Å². The number of alkyl carbamates (subject to hydrolysis) is 1. The summed E-state index contributed by atoms with van der Waals surface area (Å²) >= 11 is 0. The van der Waals surface area contributed by atoms with Gasteiger partial charge in [0, 0.05) is 11.6 Å². The molecule has 0 aromatic heterocycles. The van der Waals surface area contributed by atoms with Gasteiger partial charge in [0.25, 0.3) is 0 Å². The Balaban J connectivity index is 0.00000180. The summed E-state index contributed by atoms with van der Waals surface area (Å²) < 4.78 is 70.1. The van der Waals surface area contributed by atoms with Crippen LogP contribution < -0.4 is 5.32 Å². The molecule has 1 atom stereocenters. The molecule has 0 aliphatic carbocycles. The highest BCUT2D eigenvalue weighted by atomic mass is 35.5. The van der Waals surface area contributed by atoms with Gasteiger partial charge in [0.05, 0.1) is 0 Å². The zero-order valence-electron chi connectivity index (χ0n) is 9.05. The highest BCUT2D eigenvalue weighted by Gasteiger charge is 2.48. The summed E-state index contributed by atoms with van der Waals surface area (Å²) in [5, 5.41) is 1.63. The summed E-state index contributed by atoms with van der Waals surface area (Å²) in [5.74, 6) is -8.14. The van der Waals surface area contributed by atoms with Crippen LogP contribution in [0.5, 0.6) is 0 Å². The molecule has 1 aliphatic rings. The second kappa shape index (κ2) is 5.20. The molecule has 0 radical (unpaired) electrons. The molecule has 1 aliphatic heterocycles. The average Bonchev–Trinajstić information content (AvgIpc) is 2.27. The van der Waals surface area contributed by atoms with Gasteiger partial charge in [0.2, 0.25) is 0 Å². The Hall–Kier alpha value is -1.57. The first-order chi connectivity index (χ1) is 8.31. The van der Waals surface area contributed by atoms with E-state index in [-0.39, 0.29) is 18.5 Å². The van der Waals surface area contributed by atoms with Gasteiger partial charge in [0.1, 0.15) is 11.9 Å². The second-order valence-electron chi connectivity index (χ2n) is 3.71. The van der Waals surface area contributed by atoms with Crippen LogP contribution in [0.3, 0.4) is 0 Å². The van der Waals surface area contributed by atoms with E-state index in [0.29, 0.717) is 6.07 Å². The Bertz CT molecular complexity index is 511. The molecule has 0 unspecified atom stereocenters. The maximum absolute atomic E-state index is 13.4. The van der Waals surface area contributed by atoms with E-state index in [1.54, 1.807) is 5.32 Å². The Labute approximate surface area is 110 Å². The number of cyclic esters (lactones) is 1. The van der Waals surface area contributed by atoms with E-state index in [9.17, 15) is 26.7 Å². The van der Waals surface area contributed by atoms with Crippen molar-refractivity contribution in [2.45, 2.75) is 12.0 Å². The van der Waals surface area contributed by atoms with Crippen molar-refractivity contribution in [3.05, 3.63) is 35.1 Å². The molecule has 0 spiro atoms. The lowest BCUT2D eigenvalue weighted by molar-refractivity contribution is -0.105. The van der Waals surface area contributed by atoms with Crippen LogP contribution in [0.15, 0.2) is 12.1 Å². The van der Waals surface area contributed by atoms with Gasteiger partial charge in [-0.3, -0.25) is 0 Å². The number of alkyl halides is 2. The van der Waals surface area contributed by atoms with Crippen LogP contribution in [-0.4, -0.2) is 18.6 Å². The lowest BCUT2D eigenvalue weighted by Gasteiger charge is -2.31. The number of carbonyl (C=O) groups excluding carboxylic acids is 1. The molecule has 106 valence electrons. The van der Waals surface area contributed by atoms with Crippen LogP contribution in [0.25, 0.3) is 0 Å². The molecule has 9 heteroatoms. The number of rotatable bonds is 1. The van der Waals surface area contributed by atoms with E-state index in [2.05, 4.69) is 4.74 Å². The summed E-state index contributed by atoms with van der Waals surface area (Å²) in [6, 6.07) is -1.55. The first-order valence-corrected chi connectivity index (χ1v) is 4.77. The Morgan fingerprint density at radius 2 is 1.89 bits per heavy atom. The summed E-state index contributed by atoms with van der Waals surface area (Å²) in [6.07, 6.45) is -1.21. The maximum atomic E-state index is 13.4. The number of carbonyl (C=O) groups is 1. The predicted octanol–water partition coefficient (Wildman–Crippen LogP) is 2.94. The van der Waals surface area contributed by atoms with Gasteiger partial charge >= 0.3 is 12.0 Å². The normalized spacial score (nSPS) is 21.1. The molecule has 3 nitrogen and oxygen atoms in total. The van der Waals surface area contributed by atoms with Gasteiger partial charge in [-0.1, -0.05) is 0 Å². The third kappa shape index (κ3) is 2.89. The van der Waals surface area contributed by atoms with Gasteiger partial charge < -0.3 is 10.1 Å². The first kappa shape index (κ1) is 15.5. The van der Waals surface area contributed by atoms with Crippen LogP contribution >= 0.6 is 12.4 Å². The third-order valence-electron chi connectivity index (χ3n) is 2.41. The van der Waals surface area contributed by atoms with E-state index >= 15 is 0 Å². The Morgan fingerprint density at radius 3 is 2.53 bits per heavy atom. The smallest absolute Gasteiger partial charge is 0.408 e. The first-order valence-electron chi connectivity index (χ1n) is 4.77. The van der Waals surface area contributed by atoms with Crippen LogP contribution in [0.2, 0.25) is 0 Å². The van der Waals surface area contributed by atoms with Gasteiger partial charge in [-0.2, -0.15) is 0 Å². The molecule has 0 bridgehead atoms. The van der Waals surface area contributed by atoms with E-state index in [1.807, 2.05) is 0 Å². The summed E-state index contributed by atoms with van der Waals surface area (Å²) in [7, 11) is 0. The second-order valence-corrected chi connectivity index (χ2v) is 3.71. The fraction of sp³-hybridized carbons (Fsp3) is 0.300. The molecule has 1 aromatic carbocycles. The number of hydrogen-bond donors (Lipinski definition) is 1. The topological polar surface area (TPSA) is 38.3 Å². The van der Waals surface area contributed by atoms with Gasteiger partial charge in [0.15, 0.2) is 18.2 Å². The molecule has 2 rings (SSSR count). The highest BCUT2D eigenvalue weighted by molar-refractivity contribution is 5.85. The number of nitrogens with one attached hydrogen (secondary N) is 1. The zero-order valence-corrected chi connectivity index (χ0v) is 9.87. The number of halogens is 6. The molecular weight excluding hydrogens is 297 g/mol. The van der Waals surface area contributed by atoms with Crippen molar-refractivity contribution >= 4 is 18.5 Å². The van der Waals surface area contributed by atoms with Crippen molar-refractivity contribution in [2.75, 3.05) is 6.61 Å². The van der Waals surface area contributed by atoms with Crippen molar-refractivity contribution in [1.82, 2.24) is 5.32 Å². The largest absolute Gasteiger partial charge is 0.443 e. The minimum atomic E-state index is -3.67. The molecule has 1 saturated heterocycles. The van der Waals surface area contributed by atoms with Crippen LogP contribution in [0.1, 0.15) is 11.6 Å². The van der Waals surface area contributed by atoms with E-state index in [1.165, 1.54) is 0 Å². The molecule has 19 heavy (non-hydrogen) atoms. The van der Waals surface area contributed by atoms with Crippen molar-refractivity contribution in [2.24, 2.45) is 0 Å². The molecule has 1 amide bonds. The minimum absolute atomic E-state index is 0. The molecule has 1 fully saturated rings. The minimum Gasteiger partial charge on any atom is -0.443 e. The van der Waals surface area contributed by atoms with Crippen molar-refractivity contribution in [3.8, 4) is 0 Å². The molecular formula is C10H7ClF5NO2. The van der Waals surface area contributed by atoms with Crippen LogP contribution in [0, 0.1) is 17.5 Å². The number of hydrogen-bond acceptors (Lipinski definition) is 2. The van der Waals surface area contributed by atoms with Crippen molar-refractivity contribution in [3.63, 3.8) is 0 Å². The van der Waals surface area contributed by atoms with E-state index in [4.69, 9.17) is 0 Å². The third-order valence-corrected chi connectivity index (χ3v) is 2.41. The lowest BCUT2D eigenvalue weighted by Crippen LogP contribution is -2.50. The highest BCUT2D eigenvalue weighted by Crippen LogP contribution is 2.36. The average molecular weight is 304 g/mol. The molecule has 0 saturated carbocycles. The van der Waals surface area contributed by atoms with Crippen LogP contribution in [0.4, 0.5) is 26.7 Å². The lowest BCUT2D eigenvalue weighted by atomic mass is 9.99. The Morgan fingerprint density at radius 1 is 1.26 bits per heavy atom. The molecule has 1 aromatic rings. The number of amides is 1. The number of benzene rings is 1. The summed E-state index contributed by atoms with van der Waals surface area (Å²) in [6.45, 7) is -1.29. The predicted molar refractivity (Wildman–Crippen MR) is 55.7 cm³/mol. The van der Waals surface area contributed by atoms with Gasteiger partial charge in [-0.25, -0.2) is 26.7 Å².